The monoisotopic (exact) mass is 479 g/mol. The molecule has 2 atom stereocenters. The van der Waals surface area contributed by atoms with Crippen LogP contribution in [0.5, 0.6) is 11.6 Å². The first-order valence-electron chi connectivity index (χ1n) is 12.2. The van der Waals surface area contributed by atoms with E-state index < -0.39 is 6.10 Å². The van der Waals surface area contributed by atoms with Gasteiger partial charge in [-0.25, -0.2) is 9.07 Å². The molecule has 2 aromatic carbocycles. The number of allylic oxidation sites excluding steroid dienone is 1. The molecule has 4 rings (SSSR count). The fourth-order valence-electron chi connectivity index (χ4n) is 4.39. The molecule has 0 radical (unpaired) electrons. The third-order valence-electron chi connectivity index (χ3n) is 6.21. The lowest BCUT2D eigenvalue weighted by atomic mass is 10.1. The molecular weight excluding hydrogens is 445 g/mol. The molecule has 1 aliphatic heterocycles. The Hall–Kier alpha value is -3.00. The van der Waals surface area contributed by atoms with Crippen LogP contribution in [0.25, 0.3) is 5.69 Å². The Morgan fingerprint density at radius 3 is 2.71 bits per heavy atom. The molecule has 0 spiro atoms. The summed E-state index contributed by atoms with van der Waals surface area (Å²) in [5.41, 5.74) is 2.63. The van der Waals surface area contributed by atoms with Crippen molar-refractivity contribution in [2.75, 3.05) is 19.7 Å². The molecular formula is C28H34FN3O3. The highest BCUT2D eigenvalue weighted by Gasteiger charge is 2.25. The zero-order valence-corrected chi connectivity index (χ0v) is 20.3. The van der Waals surface area contributed by atoms with Gasteiger partial charge in [0.15, 0.2) is 0 Å². The van der Waals surface area contributed by atoms with Crippen molar-refractivity contribution in [2.45, 2.75) is 51.4 Å². The quantitative estimate of drug-likeness (QED) is 0.352. The van der Waals surface area contributed by atoms with Gasteiger partial charge in [0.25, 0.3) is 0 Å². The van der Waals surface area contributed by atoms with Crippen molar-refractivity contribution >= 4 is 0 Å². The fraction of sp³-hybridized carbons (Fsp3) is 0.393. The van der Waals surface area contributed by atoms with E-state index in [9.17, 15) is 9.50 Å². The van der Waals surface area contributed by atoms with Crippen LogP contribution >= 0.6 is 0 Å². The number of aliphatic hydroxyl groups excluding tert-OH is 1. The van der Waals surface area contributed by atoms with Gasteiger partial charge in [-0.15, -0.1) is 6.58 Å². The molecule has 7 heteroatoms. The van der Waals surface area contributed by atoms with E-state index in [4.69, 9.17) is 14.6 Å². The summed E-state index contributed by atoms with van der Waals surface area (Å²) in [5.74, 6) is 0.793. The third kappa shape index (κ3) is 6.78. The summed E-state index contributed by atoms with van der Waals surface area (Å²) in [5, 5.41) is 15.5. The van der Waals surface area contributed by atoms with Crippen LogP contribution in [0.1, 0.15) is 36.9 Å². The van der Waals surface area contributed by atoms with Gasteiger partial charge in [0, 0.05) is 26.2 Å². The smallest absolute Gasteiger partial charge is 0.227 e. The van der Waals surface area contributed by atoms with E-state index in [0.717, 1.165) is 49.4 Å². The Labute approximate surface area is 206 Å². The predicted octanol–water partition coefficient (Wildman–Crippen LogP) is 5.42. The second kappa shape index (κ2) is 12.1. The number of aromatic nitrogens is 2. The Morgan fingerprint density at radius 1 is 1.26 bits per heavy atom. The van der Waals surface area contributed by atoms with Crippen LogP contribution in [0, 0.1) is 12.7 Å². The van der Waals surface area contributed by atoms with Crippen molar-refractivity contribution in [1.29, 1.82) is 0 Å². The predicted molar refractivity (Wildman–Crippen MR) is 134 cm³/mol. The minimum Gasteiger partial charge on any atom is -0.439 e. The summed E-state index contributed by atoms with van der Waals surface area (Å²) in [6.45, 7) is 8.28. The molecule has 0 bridgehead atoms. The minimum atomic E-state index is -0.472. The molecule has 2 heterocycles. The highest BCUT2D eigenvalue weighted by molar-refractivity contribution is 5.43. The van der Waals surface area contributed by atoms with Crippen molar-refractivity contribution in [3.05, 3.63) is 84.3 Å². The zero-order valence-electron chi connectivity index (χ0n) is 20.3. The molecule has 1 aromatic heterocycles. The number of ether oxygens (including phenoxy) is 2. The Bertz CT molecular complexity index is 1080. The maximum absolute atomic E-state index is 13.5. The summed E-state index contributed by atoms with van der Waals surface area (Å²) in [6, 6.07) is 15.8. The number of nitrogens with zero attached hydrogens (tertiary/aromatic N) is 3. The summed E-state index contributed by atoms with van der Waals surface area (Å²) in [4.78, 5) is 2.22. The van der Waals surface area contributed by atoms with Crippen molar-refractivity contribution < 1.29 is 19.0 Å². The lowest BCUT2D eigenvalue weighted by molar-refractivity contribution is 0.0442. The molecule has 6 nitrogen and oxygen atoms in total. The number of hydrogen-bond donors (Lipinski definition) is 1. The molecule has 1 saturated heterocycles. The van der Waals surface area contributed by atoms with Crippen LogP contribution < -0.4 is 4.74 Å². The lowest BCUT2D eigenvalue weighted by Crippen LogP contribution is -2.37. The maximum atomic E-state index is 13.5. The van der Waals surface area contributed by atoms with Gasteiger partial charge < -0.3 is 14.6 Å². The Morgan fingerprint density at radius 2 is 2.03 bits per heavy atom. The first-order chi connectivity index (χ1) is 17.0. The van der Waals surface area contributed by atoms with Crippen molar-refractivity contribution in [1.82, 2.24) is 14.7 Å². The van der Waals surface area contributed by atoms with Gasteiger partial charge >= 0.3 is 0 Å². The van der Waals surface area contributed by atoms with Gasteiger partial charge in [0.05, 0.1) is 29.2 Å². The van der Waals surface area contributed by atoms with Gasteiger partial charge in [0.1, 0.15) is 11.6 Å². The lowest BCUT2D eigenvalue weighted by Gasteiger charge is -2.27. The number of hydrogen-bond acceptors (Lipinski definition) is 5. The SMILES string of the molecule is C=CCC[C@@H](O)CN(Cc1c(C)nn(-c2ccccc2)c1Oc1ccc(F)cc1)C[C@H]1CCCO1. The van der Waals surface area contributed by atoms with Crippen LogP contribution in [0.2, 0.25) is 0 Å². The van der Waals surface area contributed by atoms with E-state index in [0.29, 0.717) is 31.1 Å². The second-order valence-electron chi connectivity index (χ2n) is 9.02. The molecule has 1 fully saturated rings. The number of benzene rings is 2. The van der Waals surface area contributed by atoms with E-state index >= 15 is 0 Å². The van der Waals surface area contributed by atoms with E-state index in [1.54, 1.807) is 16.8 Å². The summed E-state index contributed by atoms with van der Waals surface area (Å²) in [7, 11) is 0. The highest BCUT2D eigenvalue weighted by atomic mass is 19.1. The van der Waals surface area contributed by atoms with Crippen molar-refractivity contribution in [2.24, 2.45) is 0 Å². The molecule has 1 N–H and O–H groups in total. The van der Waals surface area contributed by atoms with Crippen LogP contribution in [0.4, 0.5) is 4.39 Å². The van der Waals surface area contributed by atoms with E-state index in [1.165, 1.54) is 12.1 Å². The summed E-state index contributed by atoms with van der Waals surface area (Å²) < 4.78 is 27.5. The van der Waals surface area contributed by atoms with Gasteiger partial charge in [-0.05, 0) is 69.0 Å². The topological polar surface area (TPSA) is 59.8 Å². The molecule has 0 unspecified atom stereocenters. The molecule has 186 valence electrons. The van der Waals surface area contributed by atoms with Gasteiger partial charge in [-0.3, -0.25) is 4.90 Å². The molecule has 0 amide bonds. The molecule has 0 aliphatic carbocycles. The van der Waals surface area contributed by atoms with Crippen LogP contribution in [0.3, 0.4) is 0 Å². The average molecular weight is 480 g/mol. The standard InChI is InChI=1S/C28H34FN3O3/c1-3-4-11-24(33)18-31(19-26-12-8-17-34-26)20-27-21(2)30-32(23-9-6-5-7-10-23)28(27)35-25-15-13-22(29)14-16-25/h3,5-7,9-10,13-16,24,26,33H,1,4,8,11-12,17-20H2,2H3/t24-,26-/m1/s1. The van der Waals surface area contributed by atoms with Crippen LogP contribution in [-0.4, -0.2) is 51.7 Å². The maximum Gasteiger partial charge on any atom is 0.227 e. The minimum absolute atomic E-state index is 0.146. The van der Waals surface area contributed by atoms with Crippen molar-refractivity contribution in [3.63, 3.8) is 0 Å². The summed E-state index contributed by atoms with van der Waals surface area (Å²) >= 11 is 0. The molecule has 35 heavy (non-hydrogen) atoms. The first-order valence-corrected chi connectivity index (χ1v) is 12.2. The zero-order chi connectivity index (χ0) is 24.6. The van der Waals surface area contributed by atoms with E-state index in [1.807, 2.05) is 43.3 Å². The van der Waals surface area contributed by atoms with Crippen molar-refractivity contribution in [3.8, 4) is 17.3 Å². The number of aryl methyl sites for hydroxylation is 1. The van der Waals surface area contributed by atoms with Crippen LogP contribution in [-0.2, 0) is 11.3 Å². The summed E-state index contributed by atoms with van der Waals surface area (Å²) in [6.07, 6.45) is 5.00. The largest absolute Gasteiger partial charge is 0.439 e. The number of rotatable bonds is 12. The third-order valence-corrected chi connectivity index (χ3v) is 6.21. The van der Waals surface area contributed by atoms with Gasteiger partial charge in [-0.1, -0.05) is 24.3 Å². The number of aliphatic hydroxyl groups is 1. The number of para-hydroxylation sites is 1. The Kier molecular flexibility index (Phi) is 8.69. The van der Waals surface area contributed by atoms with Gasteiger partial charge in [0.2, 0.25) is 5.88 Å². The van der Waals surface area contributed by atoms with Gasteiger partial charge in [-0.2, -0.15) is 5.10 Å². The van der Waals surface area contributed by atoms with Crippen LogP contribution in [0.15, 0.2) is 67.3 Å². The fourth-order valence-corrected chi connectivity index (χ4v) is 4.39. The first kappa shape index (κ1) is 25.1. The molecule has 1 aliphatic rings. The van der Waals surface area contributed by atoms with E-state index in [2.05, 4.69) is 11.5 Å². The number of halogens is 1. The Balaban J connectivity index is 1.66. The molecule has 0 saturated carbocycles. The normalized spacial score (nSPS) is 16.5. The average Bonchev–Trinajstić information content (AvgIpc) is 3.48. The highest BCUT2D eigenvalue weighted by Crippen LogP contribution is 2.32. The molecule has 3 aromatic rings. The second-order valence-corrected chi connectivity index (χ2v) is 9.02. The van der Waals surface area contributed by atoms with E-state index in [-0.39, 0.29) is 11.9 Å².